The van der Waals surface area contributed by atoms with Gasteiger partial charge < -0.3 is 36.3 Å². The third-order valence-electron chi connectivity index (χ3n) is 15.9. The van der Waals surface area contributed by atoms with Crippen molar-refractivity contribution in [2.45, 2.75) is 84.4 Å². The van der Waals surface area contributed by atoms with Crippen LogP contribution in [0.1, 0.15) is 91.9 Å². The van der Waals surface area contributed by atoms with Crippen molar-refractivity contribution in [2.75, 3.05) is 55.2 Å². The Morgan fingerprint density at radius 1 is 0.484 bits per heavy atom. The summed E-state index contributed by atoms with van der Waals surface area (Å²) in [5.41, 5.74) is 3.19. The number of hydrogen-bond donors (Lipinski definition) is 7. The summed E-state index contributed by atoms with van der Waals surface area (Å²) in [6, 6.07) is 18.2. The van der Waals surface area contributed by atoms with Crippen LogP contribution in [0.3, 0.4) is 0 Å². The highest BCUT2D eigenvalue weighted by molar-refractivity contribution is 7.89. The Kier molecular flexibility index (Phi) is 19.8. The average Bonchev–Trinajstić information content (AvgIpc) is 1.79. The molecule has 0 saturated carbocycles. The zero-order valence-corrected chi connectivity index (χ0v) is 51.1. The van der Waals surface area contributed by atoms with Gasteiger partial charge in [0.2, 0.25) is 30.1 Å². The number of amides is 3. The zero-order valence-electron chi connectivity index (χ0n) is 47.9. The lowest BCUT2D eigenvalue weighted by atomic mass is 10.0. The number of fused-ring (bicyclic) bond motifs is 3. The van der Waals surface area contributed by atoms with Crippen molar-refractivity contribution >= 4 is 99.5 Å². The summed E-state index contributed by atoms with van der Waals surface area (Å²) in [5.74, 6) is -9.24. The lowest BCUT2D eigenvalue weighted by Gasteiger charge is -2.29. The van der Waals surface area contributed by atoms with Crippen LogP contribution in [0.4, 0.5) is 43.4 Å². The molecule has 12 rings (SSSR count). The number of aromatic amines is 1. The molecular weight excluding hydrogens is 1280 g/mol. The normalized spacial score (nSPS) is 16.8. The van der Waals surface area contributed by atoms with Gasteiger partial charge >= 0.3 is 0 Å². The molecule has 3 aliphatic heterocycles. The lowest BCUT2D eigenvalue weighted by molar-refractivity contribution is 0.101. The van der Waals surface area contributed by atoms with Crippen LogP contribution >= 0.6 is 11.6 Å². The molecule has 4 heterocycles. The van der Waals surface area contributed by atoms with Crippen LogP contribution in [0.5, 0.6) is 0 Å². The quantitative estimate of drug-likeness (QED) is 0.0445. The lowest BCUT2D eigenvalue weighted by Crippen LogP contribution is -2.40. The molecule has 2 aliphatic carbocycles. The summed E-state index contributed by atoms with van der Waals surface area (Å²) in [4.78, 5) is 41.3. The minimum absolute atomic E-state index is 0.00298. The second-order valence-corrected chi connectivity index (χ2v) is 28.2. The largest absolute Gasteiger partial charge is 0.393 e. The Morgan fingerprint density at radius 2 is 0.912 bits per heavy atom. The van der Waals surface area contributed by atoms with Crippen LogP contribution in [-0.2, 0) is 42.9 Å². The van der Waals surface area contributed by atoms with Gasteiger partial charge in [0, 0.05) is 103 Å². The number of carbonyl (C=O) groups excluding carboxylic acids is 3. The number of H-pyrrole nitrogens is 1. The van der Waals surface area contributed by atoms with E-state index in [4.69, 9.17) is 11.6 Å². The predicted octanol–water partition coefficient (Wildman–Crippen LogP) is 9.36. The van der Waals surface area contributed by atoms with Crippen LogP contribution in [0.25, 0.3) is 23.1 Å². The predicted molar refractivity (Wildman–Crippen MR) is 327 cm³/mol. The van der Waals surface area contributed by atoms with Crippen molar-refractivity contribution in [3.63, 3.8) is 0 Å². The molecule has 29 heteroatoms. The summed E-state index contributed by atoms with van der Waals surface area (Å²) in [5, 5.41) is 36.8. The molecule has 7 aromatic rings. The maximum absolute atomic E-state index is 13.5. The molecule has 0 unspecified atom stereocenters. The van der Waals surface area contributed by atoms with E-state index in [0.29, 0.717) is 96.7 Å². The van der Waals surface area contributed by atoms with E-state index in [2.05, 4.69) is 20.9 Å². The molecule has 0 atom stereocenters. The molecule has 3 saturated heterocycles. The first-order chi connectivity index (χ1) is 43.2. The number of hydrogen-bond acceptors (Lipinski definition) is 12. The number of allylic oxidation sites excluding steroid dienone is 2. The highest BCUT2D eigenvalue weighted by atomic mass is 35.5. The third-order valence-corrected chi connectivity index (χ3v) is 21.8. The molecule has 0 bridgehead atoms. The Labute approximate surface area is 523 Å². The topological polar surface area (TPSA) is 276 Å². The fraction of sp³-hybridized carbons (Fsp3) is 0.274. The minimum atomic E-state index is -3.91. The van der Waals surface area contributed by atoms with Gasteiger partial charge in [-0.1, -0.05) is 35.9 Å². The Hall–Kier alpha value is -7.77. The molecule has 3 amide bonds. The number of aromatic nitrogens is 1. The molecule has 6 aromatic carbocycles. The Bertz CT molecular complexity index is 4420. The fourth-order valence-electron chi connectivity index (χ4n) is 10.9. The van der Waals surface area contributed by atoms with Gasteiger partial charge in [0.25, 0.3) is 17.7 Å². The van der Waals surface area contributed by atoms with E-state index >= 15 is 0 Å². The van der Waals surface area contributed by atoms with Gasteiger partial charge in [0.05, 0.1) is 38.6 Å². The second-order valence-electron chi connectivity index (χ2n) is 22.0. The summed E-state index contributed by atoms with van der Waals surface area (Å²) in [6.45, 7) is 1.14. The highest BCUT2D eigenvalue weighted by Crippen LogP contribution is 2.35. The summed E-state index contributed by atoms with van der Waals surface area (Å²) >= 11 is 5.76. The molecule has 480 valence electrons. The maximum atomic E-state index is 13.5. The summed E-state index contributed by atoms with van der Waals surface area (Å²) in [7, 11) is -11.6. The van der Waals surface area contributed by atoms with Crippen LogP contribution in [0.15, 0.2) is 124 Å². The fourth-order valence-corrected chi connectivity index (χ4v) is 15.9. The van der Waals surface area contributed by atoms with Gasteiger partial charge in [-0.2, -0.15) is 12.9 Å². The van der Waals surface area contributed by atoms with Crippen molar-refractivity contribution in [1.29, 1.82) is 0 Å². The second kappa shape index (κ2) is 27.2. The number of halogens is 7. The molecule has 1 aromatic heterocycles. The van der Waals surface area contributed by atoms with Crippen molar-refractivity contribution < 1.29 is 81.3 Å². The van der Waals surface area contributed by atoms with E-state index < -0.39 is 101 Å². The number of aliphatic hydroxyl groups is 3. The first-order valence-electron chi connectivity index (χ1n) is 28.5. The van der Waals surface area contributed by atoms with Gasteiger partial charge in [0.15, 0.2) is 29.1 Å². The van der Waals surface area contributed by atoms with Crippen LogP contribution in [0, 0.1) is 34.9 Å². The smallest absolute Gasteiger partial charge is 0.256 e. The number of anilines is 3. The van der Waals surface area contributed by atoms with Crippen molar-refractivity contribution in [3.05, 3.63) is 188 Å². The van der Waals surface area contributed by atoms with E-state index in [9.17, 15) is 81.3 Å². The van der Waals surface area contributed by atoms with E-state index in [-0.39, 0.29) is 92.7 Å². The van der Waals surface area contributed by atoms with Gasteiger partial charge in [-0.3, -0.25) is 14.4 Å². The van der Waals surface area contributed by atoms with Crippen LogP contribution in [-0.4, -0.2) is 134 Å². The standard InChI is InChI=1S/C21H19F3N2O4S.C21H20F2N2O4S.C20H19ClFN3O4S/c22-18-9-13(10-19(23)20(18)24)25-21(28)17-11-15(8-12-2-1-3-16(12)17)31(29,30)26-6-4-14(27)5-7-26;22-19-5-4-14(11-20(19)23)24-21(27)18-12-16(10-13-2-1-3-17(13)18)30(28,29)25-8-6-15(26)7-9-25;21-16-11-14(1-2-17(16)22)24-20(27)13-9-12-3-6-23-19(12)18(10-13)30(28,29)25-7-4-15(26)5-8-25/h1,3,8-11,14,27H,2,4-7H2,(H,25,28);1,3-5,10-12,15,26H,2,6-9H2,(H,24,27);1-3,6,9-11,15,23,26H,4-5,7-8H2,(H,24,27). The van der Waals surface area contributed by atoms with E-state index in [1.165, 1.54) is 55.4 Å². The third kappa shape index (κ3) is 14.6. The van der Waals surface area contributed by atoms with Crippen LogP contribution < -0.4 is 16.0 Å². The molecule has 91 heavy (non-hydrogen) atoms. The van der Waals surface area contributed by atoms with Gasteiger partial charge in [-0.05, 0) is 146 Å². The number of sulfonamides is 3. The molecule has 5 aliphatic rings. The van der Waals surface area contributed by atoms with E-state index in [0.717, 1.165) is 18.2 Å². The first-order valence-corrected chi connectivity index (χ1v) is 33.2. The monoisotopic (exact) mass is 1340 g/mol. The molecule has 0 radical (unpaired) electrons. The van der Waals surface area contributed by atoms with Crippen molar-refractivity contribution in [1.82, 2.24) is 17.9 Å². The van der Waals surface area contributed by atoms with E-state index in [1.807, 2.05) is 6.08 Å². The number of carbonyl (C=O) groups is 3. The number of piperidine rings is 3. The highest BCUT2D eigenvalue weighted by Gasteiger charge is 2.35. The first kappa shape index (κ1) is 66.2. The molecule has 0 spiro atoms. The summed E-state index contributed by atoms with van der Waals surface area (Å²) in [6.07, 6.45) is 10.0. The molecular formula is C62H58ClF6N7O12S3. The zero-order chi connectivity index (χ0) is 65.3. The number of rotatable bonds is 12. The minimum Gasteiger partial charge on any atom is -0.393 e. The maximum Gasteiger partial charge on any atom is 0.256 e. The van der Waals surface area contributed by atoms with Crippen molar-refractivity contribution in [2.24, 2.45) is 0 Å². The molecule has 19 nitrogen and oxygen atoms in total. The number of nitrogens with zero attached hydrogens (tertiary/aromatic N) is 3. The Morgan fingerprint density at radius 3 is 1.38 bits per heavy atom. The van der Waals surface area contributed by atoms with Crippen molar-refractivity contribution in [3.8, 4) is 0 Å². The molecule has 7 N–H and O–H groups in total. The SMILES string of the molecule is O=C(Nc1cc(F)c(F)c(F)c1)c1cc(S(=O)(=O)N2CCC(O)CC2)cc2c1C=CC2.O=C(Nc1ccc(F)c(Cl)c1)c1cc(S(=O)(=O)N2CCC(O)CC2)c2[nH]ccc2c1.O=C(Nc1ccc(F)c(F)c1)c1cc(S(=O)(=O)N2CCC(O)CC2)cc2c1C=CC2. The summed E-state index contributed by atoms with van der Waals surface area (Å²) < 4.78 is 163. The number of nitrogens with one attached hydrogen (secondary N) is 4. The molecule has 3 fully saturated rings. The average molecular weight is 1340 g/mol. The Balaban J connectivity index is 0.000000150. The van der Waals surface area contributed by atoms with Crippen LogP contribution in [0.2, 0.25) is 5.02 Å². The number of benzene rings is 6. The van der Waals surface area contributed by atoms with Gasteiger partial charge in [-0.15, -0.1) is 0 Å². The van der Waals surface area contributed by atoms with Gasteiger partial charge in [-0.25, -0.2) is 51.6 Å². The number of aliphatic hydroxyl groups excluding tert-OH is 3. The van der Waals surface area contributed by atoms with Gasteiger partial charge in [0.1, 0.15) is 10.7 Å². The van der Waals surface area contributed by atoms with E-state index in [1.54, 1.807) is 42.6 Å².